The first-order valence-electron chi connectivity index (χ1n) is 6.28. The van der Waals surface area contributed by atoms with Crippen LogP contribution in [0.4, 0.5) is 0 Å². The van der Waals surface area contributed by atoms with Crippen LogP contribution in [0.2, 0.25) is 0 Å². The molecule has 0 saturated carbocycles. The summed E-state index contributed by atoms with van der Waals surface area (Å²) >= 11 is 0. The summed E-state index contributed by atoms with van der Waals surface area (Å²) in [6, 6.07) is 1.87. The SMILES string of the molecule is CCOC(OCC)c1cn(Cc2cc(C)no2)nn1. The average molecular weight is 266 g/mol. The van der Waals surface area contributed by atoms with Crippen molar-refractivity contribution >= 4 is 0 Å². The molecule has 0 aliphatic rings. The second-order valence-electron chi connectivity index (χ2n) is 4.02. The molecule has 0 aromatic carbocycles. The first-order chi connectivity index (χ1) is 9.22. The third kappa shape index (κ3) is 3.62. The zero-order chi connectivity index (χ0) is 13.7. The number of rotatable bonds is 7. The minimum atomic E-state index is -0.472. The van der Waals surface area contributed by atoms with Crippen LogP contribution in [-0.2, 0) is 16.0 Å². The minimum absolute atomic E-state index is 0.472. The van der Waals surface area contributed by atoms with E-state index in [4.69, 9.17) is 14.0 Å². The van der Waals surface area contributed by atoms with Gasteiger partial charge in [0.1, 0.15) is 12.2 Å². The number of hydrogen-bond donors (Lipinski definition) is 0. The lowest BCUT2D eigenvalue weighted by atomic mass is 10.4. The second-order valence-corrected chi connectivity index (χ2v) is 4.02. The Bertz CT molecular complexity index is 503. The summed E-state index contributed by atoms with van der Waals surface area (Å²) in [6.45, 7) is 7.29. The number of hydrogen-bond acceptors (Lipinski definition) is 6. The van der Waals surface area contributed by atoms with Crippen molar-refractivity contribution in [3.8, 4) is 0 Å². The van der Waals surface area contributed by atoms with E-state index in [9.17, 15) is 0 Å². The molecule has 0 N–H and O–H groups in total. The summed E-state index contributed by atoms with van der Waals surface area (Å²) in [5.74, 6) is 0.735. The van der Waals surface area contributed by atoms with Crippen LogP contribution in [-0.4, -0.2) is 33.4 Å². The Morgan fingerprint density at radius 2 is 2.05 bits per heavy atom. The highest BCUT2D eigenvalue weighted by Gasteiger charge is 2.16. The molecule has 2 aromatic heterocycles. The van der Waals surface area contributed by atoms with Gasteiger partial charge in [-0.2, -0.15) is 0 Å². The maximum Gasteiger partial charge on any atom is 0.204 e. The fourth-order valence-corrected chi connectivity index (χ4v) is 1.67. The summed E-state index contributed by atoms with van der Waals surface area (Å²) in [7, 11) is 0. The van der Waals surface area contributed by atoms with Gasteiger partial charge >= 0.3 is 0 Å². The average Bonchev–Trinajstić information content (AvgIpc) is 2.99. The lowest BCUT2D eigenvalue weighted by molar-refractivity contribution is -0.142. The van der Waals surface area contributed by atoms with Gasteiger partial charge in [-0.15, -0.1) is 5.10 Å². The van der Waals surface area contributed by atoms with E-state index in [1.165, 1.54) is 0 Å². The molecule has 0 bridgehead atoms. The molecule has 0 atom stereocenters. The van der Waals surface area contributed by atoms with Gasteiger partial charge in [0.15, 0.2) is 5.76 Å². The van der Waals surface area contributed by atoms with Crippen molar-refractivity contribution in [2.75, 3.05) is 13.2 Å². The molecule has 2 aromatic rings. The van der Waals surface area contributed by atoms with Gasteiger partial charge in [-0.3, -0.25) is 0 Å². The summed E-state index contributed by atoms with van der Waals surface area (Å²) in [5, 5.41) is 11.9. The lowest BCUT2D eigenvalue weighted by Crippen LogP contribution is -2.09. The van der Waals surface area contributed by atoms with E-state index in [1.54, 1.807) is 10.9 Å². The molecule has 0 fully saturated rings. The highest BCUT2D eigenvalue weighted by molar-refractivity contribution is 5.04. The predicted molar refractivity (Wildman–Crippen MR) is 66.4 cm³/mol. The van der Waals surface area contributed by atoms with E-state index in [2.05, 4.69) is 15.5 Å². The van der Waals surface area contributed by atoms with Crippen LogP contribution in [0, 0.1) is 6.92 Å². The summed E-state index contributed by atoms with van der Waals surface area (Å²) in [4.78, 5) is 0. The van der Waals surface area contributed by atoms with Crippen molar-refractivity contribution in [1.82, 2.24) is 20.2 Å². The fraction of sp³-hybridized carbons (Fsp3) is 0.583. The quantitative estimate of drug-likeness (QED) is 0.710. The lowest BCUT2D eigenvalue weighted by Gasteiger charge is -2.13. The van der Waals surface area contributed by atoms with Gasteiger partial charge in [-0.1, -0.05) is 10.4 Å². The predicted octanol–water partition coefficient (Wildman–Crippen LogP) is 1.69. The second kappa shape index (κ2) is 6.44. The van der Waals surface area contributed by atoms with Crippen LogP contribution in [0.3, 0.4) is 0 Å². The van der Waals surface area contributed by atoms with Gasteiger partial charge in [0, 0.05) is 19.3 Å². The van der Waals surface area contributed by atoms with E-state index < -0.39 is 6.29 Å². The van der Waals surface area contributed by atoms with Gasteiger partial charge < -0.3 is 14.0 Å². The molecule has 0 aliphatic heterocycles. The maximum absolute atomic E-state index is 5.46. The normalized spacial score (nSPS) is 11.4. The van der Waals surface area contributed by atoms with E-state index in [-0.39, 0.29) is 0 Å². The first kappa shape index (κ1) is 13.7. The summed E-state index contributed by atoms with van der Waals surface area (Å²) in [6.07, 6.45) is 1.31. The van der Waals surface area contributed by atoms with Crippen molar-refractivity contribution in [2.45, 2.75) is 33.6 Å². The van der Waals surface area contributed by atoms with Gasteiger partial charge in [0.25, 0.3) is 0 Å². The third-order valence-corrected chi connectivity index (χ3v) is 2.43. The van der Waals surface area contributed by atoms with Crippen LogP contribution in [0.1, 0.15) is 37.3 Å². The molecular formula is C12H18N4O3. The maximum atomic E-state index is 5.46. The van der Waals surface area contributed by atoms with Crippen LogP contribution >= 0.6 is 0 Å². The van der Waals surface area contributed by atoms with Crippen molar-refractivity contribution in [3.63, 3.8) is 0 Å². The van der Waals surface area contributed by atoms with Crippen molar-refractivity contribution in [3.05, 3.63) is 29.4 Å². The van der Waals surface area contributed by atoms with E-state index >= 15 is 0 Å². The molecule has 0 spiro atoms. The monoisotopic (exact) mass is 266 g/mol. The Kier molecular flexibility index (Phi) is 4.64. The molecule has 0 unspecified atom stereocenters. The van der Waals surface area contributed by atoms with Crippen LogP contribution in [0.15, 0.2) is 16.8 Å². The Morgan fingerprint density at radius 1 is 1.32 bits per heavy atom. The van der Waals surface area contributed by atoms with Crippen LogP contribution < -0.4 is 0 Å². The van der Waals surface area contributed by atoms with E-state index in [0.29, 0.717) is 25.5 Å². The molecule has 104 valence electrons. The number of nitrogens with zero attached hydrogens (tertiary/aromatic N) is 4. The highest BCUT2D eigenvalue weighted by Crippen LogP contribution is 2.16. The van der Waals surface area contributed by atoms with Crippen molar-refractivity contribution in [2.24, 2.45) is 0 Å². The molecule has 0 saturated heterocycles. The van der Waals surface area contributed by atoms with Gasteiger partial charge in [-0.05, 0) is 20.8 Å². The van der Waals surface area contributed by atoms with Gasteiger partial charge in [0.2, 0.25) is 6.29 Å². The zero-order valence-electron chi connectivity index (χ0n) is 11.4. The number of aryl methyl sites for hydroxylation is 1. The molecule has 7 heteroatoms. The molecule has 2 heterocycles. The highest BCUT2D eigenvalue weighted by atomic mass is 16.7. The zero-order valence-corrected chi connectivity index (χ0v) is 11.4. The standard InChI is InChI=1S/C12H18N4O3/c1-4-17-12(18-5-2)11-8-16(15-13-11)7-10-6-9(3)14-19-10/h6,8,12H,4-5,7H2,1-3H3. The van der Waals surface area contributed by atoms with Crippen molar-refractivity contribution < 1.29 is 14.0 Å². The van der Waals surface area contributed by atoms with Crippen LogP contribution in [0.5, 0.6) is 0 Å². The molecule has 19 heavy (non-hydrogen) atoms. The molecule has 7 nitrogen and oxygen atoms in total. The molecule has 0 amide bonds. The first-order valence-corrected chi connectivity index (χ1v) is 6.28. The molecule has 2 rings (SSSR count). The van der Waals surface area contributed by atoms with Crippen molar-refractivity contribution in [1.29, 1.82) is 0 Å². The fourth-order valence-electron chi connectivity index (χ4n) is 1.67. The molecule has 0 aliphatic carbocycles. The Labute approximate surface area is 111 Å². The van der Waals surface area contributed by atoms with Gasteiger partial charge in [-0.25, -0.2) is 4.68 Å². The number of aromatic nitrogens is 4. The Hall–Kier alpha value is -1.73. The number of ether oxygens (including phenoxy) is 2. The molecule has 0 radical (unpaired) electrons. The molecular weight excluding hydrogens is 248 g/mol. The largest absolute Gasteiger partial charge is 0.359 e. The summed E-state index contributed by atoms with van der Waals surface area (Å²) < 4.78 is 17.7. The van der Waals surface area contributed by atoms with E-state index in [0.717, 1.165) is 11.5 Å². The van der Waals surface area contributed by atoms with E-state index in [1.807, 2.05) is 26.8 Å². The van der Waals surface area contributed by atoms with Gasteiger partial charge in [0.05, 0.1) is 11.9 Å². The Morgan fingerprint density at radius 3 is 2.63 bits per heavy atom. The third-order valence-electron chi connectivity index (χ3n) is 2.43. The topological polar surface area (TPSA) is 75.2 Å². The Balaban J connectivity index is 2.04. The smallest absolute Gasteiger partial charge is 0.204 e. The minimum Gasteiger partial charge on any atom is -0.359 e. The van der Waals surface area contributed by atoms with Crippen LogP contribution in [0.25, 0.3) is 0 Å². The summed E-state index contributed by atoms with van der Waals surface area (Å²) in [5.41, 5.74) is 1.50.